The molecular weight excluding hydrogens is 350 g/mol. The number of halogens is 1. The van der Waals surface area contributed by atoms with Gasteiger partial charge < -0.3 is 9.84 Å². The zero-order valence-corrected chi connectivity index (χ0v) is 13.7. The molecule has 8 heteroatoms. The van der Waals surface area contributed by atoms with E-state index in [-0.39, 0.29) is 21.5 Å². The number of aromatic carboxylic acids is 1. The summed E-state index contributed by atoms with van der Waals surface area (Å²) in [6.45, 7) is 3.58. The predicted octanol–water partition coefficient (Wildman–Crippen LogP) is 1.85. The van der Waals surface area contributed by atoms with Crippen molar-refractivity contribution in [2.45, 2.75) is 24.3 Å². The molecule has 1 aromatic carbocycles. The Kier molecular flexibility index (Phi) is 5.31. The fraction of sp³-hybridized carbons (Fsp3) is 0.417. The largest absolute Gasteiger partial charge is 0.478 e. The lowest BCUT2D eigenvalue weighted by molar-refractivity contribution is 0.0696. The van der Waals surface area contributed by atoms with Gasteiger partial charge in [0, 0.05) is 11.6 Å². The summed E-state index contributed by atoms with van der Waals surface area (Å²) in [6.07, 6.45) is 0. The molecule has 0 fully saturated rings. The monoisotopic (exact) mass is 365 g/mol. The van der Waals surface area contributed by atoms with Gasteiger partial charge in [-0.05, 0) is 48.0 Å². The molecule has 0 saturated carbocycles. The lowest BCUT2D eigenvalue weighted by Gasteiger charge is -2.25. The van der Waals surface area contributed by atoms with Crippen molar-refractivity contribution < 1.29 is 23.1 Å². The number of rotatable bonds is 6. The minimum atomic E-state index is -3.78. The van der Waals surface area contributed by atoms with E-state index in [1.165, 1.54) is 25.3 Å². The van der Waals surface area contributed by atoms with E-state index >= 15 is 0 Å². The third kappa shape index (κ3) is 4.27. The third-order valence-electron chi connectivity index (χ3n) is 2.38. The number of carboxylic acids is 1. The second-order valence-corrected chi connectivity index (χ2v) is 7.38. The lowest BCUT2D eigenvalue weighted by Crippen LogP contribution is -2.46. The van der Waals surface area contributed by atoms with Crippen LogP contribution in [0.5, 0.6) is 0 Å². The molecule has 0 aliphatic heterocycles. The van der Waals surface area contributed by atoms with Crippen molar-refractivity contribution in [3.63, 3.8) is 0 Å². The number of carbonyl (C=O) groups is 1. The molecule has 0 aliphatic carbocycles. The molecule has 0 radical (unpaired) electrons. The maximum atomic E-state index is 12.3. The van der Waals surface area contributed by atoms with Gasteiger partial charge in [-0.3, -0.25) is 0 Å². The van der Waals surface area contributed by atoms with E-state index in [0.29, 0.717) is 0 Å². The van der Waals surface area contributed by atoms with Crippen LogP contribution < -0.4 is 4.72 Å². The molecule has 1 aromatic rings. The smallest absolute Gasteiger partial charge is 0.335 e. The van der Waals surface area contributed by atoms with E-state index < -0.39 is 21.5 Å². The number of carboxylic acid groups (broad SMARTS) is 1. The molecule has 0 aliphatic rings. The summed E-state index contributed by atoms with van der Waals surface area (Å²) >= 11 is 3.08. The highest BCUT2D eigenvalue weighted by Crippen LogP contribution is 2.24. The first kappa shape index (κ1) is 17.1. The van der Waals surface area contributed by atoms with Gasteiger partial charge in [-0.2, -0.15) is 0 Å². The van der Waals surface area contributed by atoms with Crippen LogP contribution in [0.1, 0.15) is 24.2 Å². The van der Waals surface area contributed by atoms with Gasteiger partial charge in [-0.25, -0.2) is 17.9 Å². The Labute approximate surface area is 126 Å². The highest BCUT2D eigenvalue weighted by Gasteiger charge is 2.27. The summed E-state index contributed by atoms with van der Waals surface area (Å²) in [6, 6.07) is 3.74. The summed E-state index contributed by atoms with van der Waals surface area (Å²) in [7, 11) is -2.30. The number of sulfonamides is 1. The zero-order chi connectivity index (χ0) is 15.6. The Morgan fingerprint density at radius 2 is 2.05 bits per heavy atom. The Hall–Kier alpha value is -0.960. The Morgan fingerprint density at radius 3 is 2.50 bits per heavy atom. The Bertz CT molecular complexity index is 612. The lowest BCUT2D eigenvalue weighted by atomic mass is 10.1. The molecule has 20 heavy (non-hydrogen) atoms. The van der Waals surface area contributed by atoms with Crippen LogP contribution in [0.15, 0.2) is 27.6 Å². The summed E-state index contributed by atoms with van der Waals surface area (Å²) in [5, 5.41) is 8.86. The van der Waals surface area contributed by atoms with E-state index in [1.807, 2.05) is 0 Å². The quantitative estimate of drug-likeness (QED) is 0.802. The van der Waals surface area contributed by atoms with Crippen LogP contribution >= 0.6 is 15.9 Å². The van der Waals surface area contributed by atoms with Crippen LogP contribution in [0, 0.1) is 0 Å². The molecule has 2 N–H and O–H groups in total. The van der Waals surface area contributed by atoms with Gasteiger partial charge in [0.25, 0.3) is 0 Å². The summed E-state index contributed by atoms with van der Waals surface area (Å²) in [5.74, 6) is -1.12. The van der Waals surface area contributed by atoms with E-state index in [0.717, 1.165) is 0 Å². The minimum Gasteiger partial charge on any atom is -0.478 e. The Morgan fingerprint density at radius 1 is 1.45 bits per heavy atom. The zero-order valence-electron chi connectivity index (χ0n) is 11.3. The fourth-order valence-electron chi connectivity index (χ4n) is 1.66. The average Bonchev–Trinajstić information content (AvgIpc) is 2.26. The van der Waals surface area contributed by atoms with Crippen LogP contribution in [0.2, 0.25) is 0 Å². The molecule has 0 bridgehead atoms. The average molecular weight is 366 g/mol. The van der Waals surface area contributed by atoms with E-state index in [1.54, 1.807) is 13.8 Å². The van der Waals surface area contributed by atoms with Crippen molar-refractivity contribution in [1.29, 1.82) is 0 Å². The second kappa shape index (κ2) is 6.21. The predicted molar refractivity (Wildman–Crippen MR) is 77.4 cm³/mol. The highest BCUT2D eigenvalue weighted by molar-refractivity contribution is 9.10. The molecule has 112 valence electrons. The van der Waals surface area contributed by atoms with Crippen LogP contribution in [0.3, 0.4) is 0 Å². The van der Waals surface area contributed by atoms with E-state index in [9.17, 15) is 13.2 Å². The first-order valence-corrected chi connectivity index (χ1v) is 7.92. The number of methoxy groups -OCH3 is 1. The van der Waals surface area contributed by atoms with Crippen molar-refractivity contribution >= 4 is 31.9 Å². The highest BCUT2D eigenvalue weighted by atomic mass is 79.9. The first-order valence-electron chi connectivity index (χ1n) is 5.65. The third-order valence-corrected chi connectivity index (χ3v) is 5.06. The maximum absolute atomic E-state index is 12.3. The molecular formula is C12H16BrNO5S. The first-order chi connectivity index (χ1) is 9.09. The molecule has 1 rings (SSSR count). The van der Waals surface area contributed by atoms with Crippen molar-refractivity contribution in [1.82, 2.24) is 4.72 Å². The number of ether oxygens (including phenoxy) is 1. The van der Waals surface area contributed by atoms with Gasteiger partial charge in [-0.15, -0.1) is 0 Å². The van der Waals surface area contributed by atoms with Crippen LogP contribution in [-0.2, 0) is 14.8 Å². The van der Waals surface area contributed by atoms with Crippen LogP contribution in [0.25, 0.3) is 0 Å². The van der Waals surface area contributed by atoms with Gasteiger partial charge in [0.1, 0.15) is 0 Å². The second-order valence-electron chi connectivity index (χ2n) is 4.87. The van der Waals surface area contributed by atoms with Gasteiger partial charge in [0.15, 0.2) is 0 Å². The van der Waals surface area contributed by atoms with Gasteiger partial charge in [0.05, 0.1) is 22.6 Å². The van der Waals surface area contributed by atoms with Crippen molar-refractivity contribution in [3.05, 3.63) is 28.2 Å². The molecule has 0 aromatic heterocycles. The molecule has 0 amide bonds. The summed E-state index contributed by atoms with van der Waals surface area (Å²) in [5.41, 5.74) is -0.773. The van der Waals surface area contributed by atoms with E-state index in [2.05, 4.69) is 20.7 Å². The molecule has 6 nitrogen and oxygen atoms in total. The van der Waals surface area contributed by atoms with Crippen LogP contribution in [-0.4, -0.2) is 38.7 Å². The molecule has 0 spiro atoms. The maximum Gasteiger partial charge on any atom is 0.335 e. The van der Waals surface area contributed by atoms with Gasteiger partial charge >= 0.3 is 5.97 Å². The number of hydrogen-bond acceptors (Lipinski definition) is 4. The minimum absolute atomic E-state index is 0.00646. The van der Waals surface area contributed by atoms with Gasteiger partial charge in [-0.1, -0.05) is 0 Å². The standard InChI is InChI=1S/C12H16BrNO5S/c1-12(2,7-19-3)14-20(17,18)10-5-4-8(11(15)16)6-9(10)13/h4-6,14H,7H2,1-3H3,(H,15,16). The van der Waals surface area contributed by atoms with Crippen molar-refractivity contribution in [2.24, 2.45) is 0 Å². The number of benzene rings is 1. The topological polar surface area (TPSA) is 92.7 Å². The summed E-state index contributed by atoms with van der Waals surface area (Å²) < 4.78 is 32.2. The SMILES string of the molecule is COCC(C)(C)NS(=O)(=O)c1ccc(C(=O)O)cc1Br. The van der Waals surface area contributed by atoms with Gasteiger partial charge in [0.2, 0.25) is 10.0 Å². The number of hydrogen-bond donors (Lipinski definition) is 2. The fourth-order valence-corrected chi connectivity index (χ4v) is 4.14. The van der Waals surface area contributed by atoms with Crippen molar-refractivity contribution in [3.8, 4) is 0 Å². The molecule has 0 saturated heterocycles. The van der Waals surface area contributed by atoms with Crippen LogP contribution in [0.4, 0.5) is 0 Å². The molecule has 0 atom stereocenters. The molecule has 0 heterocycles. The number of nitrogens with one attached hydrogen (secondary N) is 1. The molecule has 0 unspecified atom stereocenters. The normalized spacial score (nSPS) is 12.4. The van der Waals surface area contributed by atoms with Crippen molar-refractivity contribution in [2.75, 3.05) is 13.7 Å². The van der Waals surface area contributed by atoms with E-state index in [4.69, 9.17) is 9.84 Å². The Balaban J connectivity index is 3.14. The summed E-state index contributed by atoms with van der Waals surface area (Å²) in [4.78, 5) is 10.8.